The summed E-state index contributed by atoms with van der Waals surface area (Å²) >= 11 is 1.36. The fourth-order valence-electron chi connectivity index (χ4n) is 3.17. The molecule has 3 aromatic rings. The quantitative estimate of drug-likeness (QED) is 0.448. The first-order valence-corrected chi connectivity index (χ1v) is 9.84. The number of carboxylic acids is 1. The average Bonchev–Trinajstić information content (AvgIpc) is 3.05. The molecule has 0 spiro atoms. The van der Waals surface area contributed by atoms with Gasteiger partial charge in [-0.25, -0.2) is 4.98 Å². The molecule has 1 aromatic heterocycles. The molecule has 0 saturated heterocycles. The van der Waals surface area contributed by atoms with E-state index >= 15 is 0 Å². The van der Waals surface area contributed by atoms with Crippen LogP contribution in [0.3, 0.4) is 0 Å². The Morgan fingerprint density at radius 2 is 1.90 bits per heavy atom. The molecule has 0 saturated carbocycles. The first-order valence-electron chi connectivity index (χ1n) is 9.02. The van der Waals surface area contributed by atoms with Gasteiger partial charge in [-0.05, 0) is 36.6 Å². The van der Waals surface area contributed by atoms with Gasteiger partial charge in [0.25, 0.3) is 5.69 Å². The standard InChI is InChI=1S/C21H21N3O4S/c1-12-8-17(24(27)28)13(2)7-16(12)9-19-23-21(18(29-19)10-20(25)26)15-5-3-14(11-22)4-6-15/h3-8H,9-11,22H2,1-2H3,(H,25,26). The van der Waals surface area contributed by atoms with Crippen LogP contribution in [0.1, 0.15) is 32.1 Å². The molecule has 0 amide bonds. The number of aryl methyl sites for hydroxylation is 2. The number of carboxylic acid groups (broad SMARTS) is 1. The second-order valence-corrected chi connectivity index (χ2v) is 8.02. The van der Waals surface area contributed by atoms with E-state index in [0.29, 0.717) is 29.1 Å². The van der Waals surface area contributed by atoms with Crippen LogP contribution in [0, 0.1) is 24.0 Å². The van der Waals surface area contributed by atoms with Crippen molar-refractivity contribution < 1.29 is 14.8 Å². The van der Waals surface area contributed by atoms with Gasteiger partial charge >= 0.3 is 5.97 Å². The van der Waals surface area contributed by atoms with Gasteiger partial charge in [-0.15, -0.1) is 11.3 Å². The highest BCUT2D eigenvalue weighted by molar-refractivity contribution is 7.12. The molecule has 0 radical (unpaired) electrons. The Balaban J connectivity index is 1.98. The van der Waals surface area contributed by atoms with Crippen LogP contribution in [-0.2, 0) is 24.2 Å². The van der Waals surface area contributed by atoms with Crippen molar-refractivity contribution in [2.24, 2.45) is 5.73 Å². The number of rotatable bonds is 7. The predicted octanol–water partition coefficient (Wildman–Crippen LogP) is 4.01. The molecule has 29 heavy (non-hydrogen) atoms. The fourth-order valence-corrected chi connectivity index (χ4v) is 4.27. The number of benzene rings is 2. The van der Waals surface area contributed by atoms with Crippen molar-refractivity contribution in [1.29, 1.82) is 0 Å². The van der Waals surface area contributed by atoms with Crippen molar-refractivity contribution in [2.45, 2.75) is 33.2 Å². The van der Waals surface area contributed by atoms with E-state index in [4.69, 9.17) is 10.7 Å². The summed E-state index contributed by atoms with van der Waals surface area (Å²) in [6, 6.07) is 11.0. The van der Waals surface area contributed by atoms with Crippen LogP contribution in [0.25, 0.3) is 11.3 Å². The summed E-state index contributed by atoms with van der Waals surface area (Å²) in [5.74, 6) is -0.914. The van der Waals surface area contributed by atoms with Crippen LogP contribution in [0.4, 0.5) is 5.69 Å². The Bertz CT molecular complexity index is 1070. The van der Waals surface area contributed by atoms with Crippen molar-refractivity contribution in [3.8, 4) is 11.3 Å². The number of nitrogens with two attached hydrogens (primary N) is 1. The van der Waals surface area contributed by atoms with Crippen LogP contribution in [0.15, 0.2) is 36.4 Å². The maximum absolute atomic E-state index is 11.3. The summed E-state index contributed by atoms with van der Waals surface area (Å²) < 4.78 is 0. The lowest BCUT2D eigenvalue weighted by atomic mass is 10.0. The highest BCUT2D eigenvalue weighted by Crippen LogP contribution is 2.32. The molecule has 0 fully saturated rings. The minimum atomic E-state index is -0.914. The highest BCUT2D eigenvalue weighted by atomic mass is 32.1. The number of carbonyl (C=O) groups is 1. The average molecular weight is 411 g/mol. The summed E-state index contributed by atoms with van der Waals surface area (Å²) in [6.45, 7) is 3.98. The Kier molecular flexibility index (Phi) is 6.05. The maximum atomic E-state index is 11.3. The lowest BCUT2D eigenvalue weighted by Crippen LogP contribution is -2.00. The van der Waals surface area contributed by atoms with E-state index in [9.17, 15) is 20.0 Å². The normalized spacial score (nSPS) is 10.9. The zero-order valence-corrected chi connectivity index (χ0v) is 17.0. The molecule has 150 valence electrons. The Hall–Kier alpha value is -3.10. The first-order chi connectivity index (χ1) is 13.8. The number of hydrogen-bond acceptors (Lipinski definition) is 6. The van der Waals surface area contributed by atoms with Crippen molar-refractivity contribution in [3.63, 3.8) is 0 Å². The molecule has 7 nitrogen and oxygen atoms in total. The molecule has 0 bridgehead atoms. The van der Waals surface area contributed by atoms with Gasteiger partial charge in [0.05, 0.1) is 22.0 Å². The Morgan fingerprint density at radius 3 is 2.48 bits per heavy atom. The number of nitro groups is 1. The van der Waals surface area contributed by atoms with E-state index in [-0.39, 0.29) is 17.0 Å². The molecule has 2 aromatic carbocycles. The minimum Gasteiger partial charge on any atom is -0.481 e. The third-order valence-electron chi connectivity index (χ3n) is 4.71. The number of thiazole rings is 1. The lowest BCUT2D eigenvalue weighted by molar-refractivity contribution is -0.385. The van der Waals surface area contributed by atoms with E-state index in [1.165, 1.54) is 11.3 Å². The molecule has 3 rings (SSSR count). The van der Waals surface area contributed by atoms with Crippen LogP contribution in [-0.4, -0.2) is 21.0 Å². The van der Waals surface area contributed by atoms with Crippen molar-refractivity contribution >= 4 is 23.0 Å². The van der Waals surface area contributed by atoms with Crippen LogP contribution in [0.5, 0.6) is 0 Å². The smallest absolute Gasteiger partial charge is 0.308 e. The molecular weight excluding hydrogens is 390 g/mol. The molecule has 8 heteroatoms. The fraction of sp³-hybridized carbons (Fsp3) is 0.238. The molecule has 0 aliphatic heterocycles. The van der Waals surface area contributed by atoms with Crippen molar-refractivity contribution in [1.82, 2.24) is 4.98 Å². The third kappa shape index (κ3) is 4.67. The largest absolute Gasteiger partial charge is 0.481 e. The molecule has 0 aliphatic rings. The molecule has 0 atom stereocenters. The number of nitrogens with zero attached hydrogens (tertiary/aromatic N) is 2. The van der Waals surface area contributed by atoms with Crippen molar-refractivity contribution in [3.05, 3.63) is 78.7 Å². The lowest BCUT2D eigenvalue weighted by Gasteiger charge is -2.06. The number of nitro benzene ring substituents is 1. The van der Waals surface area contributed by atoms with E-state index in [2.05, 4.69) is 0 Å². The summed E-state index contributed by atoms with van der Waals surface area (Å²) in [6.07, 6.45) is 0.382. The van der Waals surface area contributed by atoms with Gasteiger partial charge in [0, 0.05) is 35.0 Å². The Labute approximate surface area is 172 Å². The van der Waals surface area contributed by atoms with Gasteiger partial charge < -0.3 is 10.8 Å². The zero-order chi connectivity index (χ0) is 21.1. The summed E-state index contributed by atoms with van der Waals surface area (Å²) in [5, 5.41) is 21.2. The zero-order valence-electron chi connectivity index (χ0n) is 16.1. The summed E-state index contributed by atoms with van der Waals surface area (Å²) in [5.41, 5.74) is 10.6. The highest BCUT2D eigenvalue weighted by Gasteiger charge is 2.18. The third-order valence-corrected chi connectivity index (χ3v) is 5.76. The van der Waals surface area contributed by atoms with E-state index in [1.54, 1.807) is 19.1 Å². The van der Waals surface area contributed by atoms with E-state index in [0.717, 1.165) is 27.3 Å². The topological polar surface area (TPSA) is 119 Å². The summed E-state index contributed by atoms with van der Waals surface area (Å²) in [4.78, 5) is 27.4. The van der Waals surface area contributed by atoms with Crippen LogP contribution < -0.4 is 5.73 Å². The predicted molar refractivity (Wildman–Crippen MR) is 112 cm³/mol. The van der Waals surface area contributed by atoms with Gasteiger partial charge in [0.15, 0.2) is 0 Å². The molecule has 3 N–H and O–H groups in total. The second kappa shape index (κ2) is 8.50. The second-order valence-electron chi connectivity index (χ2n) is 6.85. The number of aromatic nitrogens is 1. The van der Waals surface area contributed by atoms with Gasteiger partial charge in [0.1, 0.15) is 0 Å². The Morgan fingerprint density at radius 1 is 1.21 bits per heavy atom. The van der Waals surface area contributed by atoms with Gasteiger partial charge in [0.2, 0.25) is 0 Å². The van der Waals surface area contributed by atoms with Crippen molar-refractivity contribution in [2.75, 3.05) is 0 Å². The van der Waals surface area contributed by atoms with Gasteiger partial charge in [-0.1, -0.05) is 24.3 Å². The van der Waals surface area contributed by atoms with Crippen LogP contribution >= 0.6 is 11.3 Å². The van der Waals surface area contributed by atoms with E-state index < -0.39 is 5.97 Å². The number of aliphatic carboxylic acids is 1. The monoisotopic (exact) mass is 411 g/mol. The molecule has 0 unspecified atom stereocenters. The molecule has 0 aliphatic carbocycles. The molecule has 1 heterocycles. The number of hydrogen-bond donors (Lipinski definition) is 2. The minimum absolute atomic E-state index is 0.0950. The van der Waals surface area contributed by atoms with Gasteiger partial charge in [-0.2, -0.15) is 0 Å². The summed E-state index contributed by atoms with van der Waals surface area (Å²) in [7, 11) is 0. The first kappa shape index (κ1) is 20.6. The van der Waals surface area contributed by atoms with Gasteiger partial charge in [-0.3, -0.25) is 14.9 Å². The SMILES string of the molecule is Cc1cc([N+](=O)[O-])c(C)cc1Cc1nc(-c2ccc(CN)cc2)c(CC(=O)O)s1. The maximum Gasteiger partial charge on any atom is 0.308 e. The molecular formula is C21H21N3O4S. The van der Waals surface area contributed by atoms with E-state index in [1.807, 2.05) is 31.2 Å². The van der Waals surface area contributed by atoms with Crippen LogP contribution in [0.2, 0.25) is 0 Å².